The molecule has 104 valence electrons. The van der Waals surface area contributed by atoms with Crippen LogP contribution in [0.1, 0.15) is 70.6 Å². The van der Waals surface area contributed by atoms with Gasteiger partial charge in [0.05, 0.1) is 0 Å². The van der Waals surface area contributed by atoms with Crippen molar-refractivity contribution in [1.29, 1.82) is 0 Å². The van der Waals surface area contributed by atoms with Gasteiger partial charge in [0.2, 0.25) is 11.8 Å². The second-order valence-electron chi connectivity index (χ2n) is 4.81. The van der Waals surface area contributed by atoms with Gasteiger partial charge in [0.1, 0.15) is 0 Å². The van der Waals surface area contributed by atoms with Crippen molar-refractivity contribution in [3.05, 3.63) is 11.8 Å². The molecule has 0 fully saturated rings. The highest BCUT2D eigenvalue weighted by Gasteiger charge is 2.16. The molecule has 0 radical (unpaired) electrons. The Balaban J connectivity index is 2.44. The zero-order valence-electron chi connectivity index (χ0n) is 12.0. The molecule has 0 bridgehead atoms. The van der Waals surface area contributed by atoms with Gasteiger partial charge < -0.3 is 9.73 Å². The van der Waals surface area contributed by atoms with Gasteiger partial charge in [-0.05, 0) is 25.8 Å². The van der Waals surface area contributed by atoms with Crippen LogP contribution in [-0.2, 0) is 6.42 Å². The minimum absolute atomic E-state index is 0.449. The molecular formula is C14H27N3O. The Labute approximate surface area is 111 Å². The van der Waals surface area contributed by atoms with Crippen LogP contribution in [0.5, 0.6) is 0 Å². The summed E-state index contributed by atoms with van der Waals surface area (Å²) in [6, 6.07) is 0. The Kier molecular flexibility index (Phi) is 7.65. The second-order valence-corrected chi connectivity index (χ2v) is 4.81. The molecule has 1 heterocycles. The number of hydrogen-bond donors (Lipinski definition) is 1. The van der Waals surface area contributed by atoms with Gasteiger partial charge in [0.15, 0.2) is 0 Å². The fourth-order valence-electron chi connectivity index (χ4n) is 2.12. The topological polar surface area (TPSA) is 51.0 Å². The van der Waals surface area contributed by atoms with E-state index in [-0.39, 0.29) is 0 Å². The molecule has 0 aliphatic rings. The maximum atomic E-state index is 5.77. The van der Waals surface area contributed by atoms with Crippen LogP contribution in [0.25, 0.3) is 0 Å². The quantitative estimate of drug-likeness (QED) is 0.650. The molecule has 0 saturated carbocycles. The van der Waals surface area contributed by atoms with Crippen LogP contribution in [0.4, 0.5) is 0 Å². The van der Waals surface area contributed by atoms with E-state index in [2.05, 4.69) is 36.3 Å². The zero-order chi connectivity index (χ0) is 13.2. The Morgan fingerprint density at radius 3 is 2.33 bits per heavy atom. The first-order chi connectivity index (χ1) is 8.81. The molecule has 18 heavy (non-hydrogen) atoms. The van der Waals surface area contributed by atoms with E-state index in [4.69, 9.17) is 4.42 Å². The summed E-state index contributed by atoms with van der Waals surface area (Å²) < 4.78 is 5.77. The fraction of sp³-hybridized carbons (Fsp3) is 0.857. The molecule has 1 rings (SSSR count). The highest BCUT2D eigenvalue weighted by atomic mass is 16.4. The maximum absolute atomic E-state index is 5.77. The van der Waals surface area contributed by atoms with Gasteiger partial charge in [-0.2, -0.15) is 0 Å². The minimum Gasteiger partial charge on any atom is -0.425 e. The summed E-state index contributed by atoms with van der Waals surface area (Å²) in [5.41, 5.74) is 0. The third-order valence-corrected chi connectivity index (χ3v) is 3.05. The Hall–Kier alpha value is -0.900. The van der Waals surface area contributed by atoms with Crippen LogP contribution < -0.4 is 5.32 Å². The summed E-state index contributed by atoms with van der Waals surface area (Å²) in [7, 11) is 0. The number of nitrogens with zero attached hydrogens (tertiary/aromatic N) is 2. The van der Waals surface area contributed by atoms with Crippen molar-refractivity contribution >= 4 is 0 Å². The Bertz CT molecular complexity index is 306. The van der Waals surface area contributed by atoms with E-state index < -0.39 is 0 Å². The minimum atomic E-state index is 0.449. The van der Waals surface area contributed by atoms with Crippen LogP contribution in [0.15, 0.2) is 4.42 Å². The van der Waals surface area contributed by atoms with Gasteiger partial charge in [-0.25, -0.2) is 0 Å². The van der Waals surface area contributed by atoms with Crippen molar-refractivity contribution in [1.82, 2.24) is 15.5 Å². The van der Waals surface area contributed by atoms with Crippen molar-refractivity contribution in [2.75, 3.05) is 13.1 Å². The predicted octanol–water partition coefficient (Wildman–Crippen LogP) is 3.30. The molecule has 0 aliphatic carbocycles. The molecular weight excluding hydrogens is 226 g/mol. The zero-order valence-corrected chi connectivity index (χ0v) is 12.0. The number of rotatable bonds is 10. The first-order valence-electron chi connectivity index (χ1n) is 7.34. The maximum Gasteiger partial charge on any atom is 0.219 e. The lowest BCUT2D eigenvalue weighted by molar-refractivity contribution is 0.386. The molecule has 4 nitrogen and oxygen atoms in total. The number of aromatic nitrogens is 2. The van der Waals surface area contributed by atoms with Gasteiger partial charge in [-0.15, -0.1) is 10.2 Å². The van der Waals surface area contributed by atoms with Crippen molar-refractivity contribution in [3.63, 3.8) is 0 Å². The molecule has 0 spiro atoms. The number of nitrogens with one attached hydrogen (secondary N) is 1. The van der Waals surface area contributed by atoms with Gasteiger partial charge in [-0.3, -0.25) is 0 Å². The molecule has 0 aliphatic heterocycles. The Morgan fingerprint density at radius 2 is 1.72 bits per heavy atom. The summed E-state index contributed by atoms with van der Waals surface area (Å²) in [4.78, 5) is 0. The second kappa shape index (κ2) is 9.09. The highest BCUT2D eigenvalue weighted by Crippen LogP contribution is 2.25. The largest absolute Gasteiger partial charge is 0.425 e. The summed E-state index contributed by atoms with van der Waals surface area (Å²) in [6.07, 6.45) is 6.61. The molecule has 0 unspecified atom stereocenters. The van der Waals surface area contributed by atoms with E-state index in [0.29, 0.717) is 5.92 Å². The molecule has 0 aromatic carbocycles. The van der Waals surface area contributed by atoms with E-state index in [0.717, 1.165) is 50.6 Å². The van der Waals surface area contributed by atoms with Crippen molar-refractivity contribution in [2.24, 2.45) is 0 Å². The lowest BCUT2D eigenvalue weighted by atomic mass is 9.98. The summed E-state index contributed by atoms with van der Waals surface area (Å²) in [5.74, 6) is 2.06. The average molecular weight is 253 g/mol. The van der Waals surface area contributed by atoms with Crippen molar-refractivity contribution in [3.8, 4) is 0 Å². The first kappa shape index (κ1) is 15.2. The van der Waals surface area contributed by atoms with E-state index in [1.165, 1.54) is 12.8 Å². The molecule has 1 aromatic rings. The molecule has 1 aromatic heterocycles. The van der Waals surface area contributed by atoms with E-state index in [1.54, 1.807) is 0 Å². The normalized spacial score (nSPS) is 11.3. The SMILES string of the molecule is CCCNCCc1nnc(C(CCC)CCC)o1. The predicted molar refractivity (Wildman–Crippen MR) is 73.7 cm³/mol. The average Bonchev–Trinajstić information content (AvgIpc) is 2.83. The fourth-order valence-corrected chi connectivity index (χ4v) is 2.12. The highest BCUT2D eigenvalue weighted by molar-refractivity contribution is 4.91. The Morgan fingerprint density at radius 1 is 1.00 bits per heavy atom. The molecule has 1 N–H and O–H groups in total. The first-order valence-corrected chi connectivity index (χ1v) is 7.34. The monoisotopic (exact) mass is 253 g/mol. The van der Waals surface area contributed by atoms with Crippen LogP contribution in [-0.4, -0.2) is 23.3 Å². The standard InChI is InChI=1S/C14H27N3O/c1-4-7-12(8-5-2)14-17-16-13(18-14)9-11-15-10-6-3/h12,15H,4-11H2,1-3H3. The van der Waals surface area contributed by atoms with Crippen LogP contribution in [0.2, 0.25) is 0 Å². The van der Waals surface area contributed by atoms with Crippen molar-refractivity contribution in [2.45, 2.75) is 65.2 Å². The smallest absolute Gasteiger partial charge is 0.219 e. The molecule has 0 atom stereocenters. The summed E-state index contributed by atoms with van der Waals surface area (Å²) in [5, 5.41) is 11.7. The third kappa shape index (κ3) is 5.17. The van der Waals surface area contributed by atoms with Gasteiger partial charge in [0, 0.05) is 18.9 Å². The number of hydrogen-bond acceptors (Lipinski definition) is 4. The summed E-state index contributed by atoms with van der Waals surface area (Å²) in [6.45, 7) is 8.54. The third-order valence-electron chi connectivity index (χ3n) is 3.05. The lowest BCUT2D eigenvalue weighted by Crippen LogP contribution is -2.17. The van der Waals surface area contributed by atoms with Crippen LogP contribution >= 0.6 is 0 Å². The van der Waals surface area contributed by atoms with Gasteiger partial charge in [0.25, 0.3) is 0 Å². The molecule has 0 amide bonds. The van der Waals surface area contributed by atoms with E-state index >= 15 is 0 Å². The summed E-state index contributed by atoms with van der Waals surface area (Å²) >= 11 is 0. The van der Waals surface area contributed by atoms with Gasteiger partial charge in [-0.1, -0.05) is 33.6 Å². The molecule has 4 heteroatoms. The van der Waals surface area contributed by atoms with Crippen molar-refractivity contribution < 1.29 is 4.42 Å². The van der Waals surface area contributed by atoms with Gasteiger partial charge >= 0.3 is 0 Å². The van der Waals surface area contributed by atoms with E-state index in [9.17, 15) is 0 Å². The lowest BCUT2D eigenvalue weighted by Gasteiger charge is -2.09. The van der Waals surface area contributed by atoms with E-state index in [1.807, 2.05) is 0 Å². The molecule has 0 saturated heterocycles. The van der Waals surface area contributed by atoms with Crippen LogP contribution in [0, 0.1) is 0 Å². The van der Waals surface area contributed by atoms with Crippen LogP contribution in [0.3, 0.4) is 0 Å².